The molecule has 0 aliphatic heterocycles. The summed E-state index contributed by atoms with van der Waals surface area (Å²) in [7, 11) is 1.56. The molecule has 1 aromatic heterocycles. The van der Waals surface area contributed by atoms with Crippen molar-refractivity contribution in [1.29, 1.82) is 0 Å². The van der Waals surface area contributed by atoms with Crippen molar-refractivity contribution >= 4 is 11.9 Å². The highest BCUT2D eigenvalue weighted by molar-refractivity contribution is 5.91. The average Bonchev–Trinajstić information content (AvgIpc) is 3.20. The molecule has 9 heteroatoms. The Morgan fingerprint density at radius 3 is 2.63 bits per heavy atom. The Balaban J connectivity index is 1.52. The number of aromatic nitrogens is 4. The largest absolute Gasteiger partial charge is 0.452 e. The van der Waals surface area contributed by atoms with Crippen LogP contribution in [0.25, 0.3) is 5.69 Å². The molecule has 1 amide bonds. The molecule has 2 aromatic carbocycles. The molecular formula is C18H16FN5O3. The molecule has 0 radical (unpaired) electrons. The topological polar surface area (TPSA) is 90.2 Å². The molecule has 3 rings (SSSR count). The maximum atomic E-state index is 13.2. The predicted molar refractivity (Wildman–Crippen MR) is 92.3 cm³/mol. The number of rotatable bonds is 6. The van der Waals surface area contributed by atoms with E-state index < -0.39 is 18.5 Å². The van der Waals surface area contributed by atoms with Gasteiger partial charge in [0.05, 0.1) is 11.3 Å². The fourth-order valence-electron chi connectivity index (χ4n) is 2.35. The lowest BCUT2D eigenvalue weighted by molar-refractivity contribution is -0.133. The van der Waals surface area contributed by atoms with Gasteiger partial charge in [0.1, 0.15) is 12.1 Å². The van der Waals surface area contributed by atoms with Crippen molar-refractivity contribution in [3.05, 3.63) is 71.8 Å². The summed E-state index contributed by atoms with van der Waals surface area (Å²) in [6.07, 6.45) is 1.43. The fourth-order valence-corrected chi connectivity index (χ4v) is 2.35. The van der Waals surface area contributed by atoms with Gasteiger partial charge in [0, 0.05) is 13.6 Å². The third kappa shape index (κ3) is 4.72. The first-order valence-electron chi connectivity index (χ1n) is 8.02. The molecule has 0 bridgehead atoms. The van der Waals surface area contributed by atoms with Crippen LogP contribution in [-0.4, -0.2) is 50.6 Å². The monoisotopic (exact) mass is 369 g/mol. The summed E-state index contributed by atoms with van der Waals surface area (Å²) in [5.74, 6) is -1.38. The number of amides is 1. The Kier molecular flexibility index (Phi) is 5.50. The van der Waals surface area contributed by atoms with E-state index in [1.54, 1.807) is 43.4 Å². The van der Waals surface area contributed by atoms with Gasteiger partial charge >= 0.3 is 5.97 Å². The molecular weight excluding hydrogens is 353 g/mol. The summed E-state index contributed by atoms with van der Waals surface area (Å²) in [5, 5.41) is 10.8. The second-order valence-corrected chi connectivity index (χ2v) is 5.76. The Bertz CT molecular complexity index is 928. The van der Waals surface area contributed by atoms with Gasteiger partial charge in [0.2, 0.25) is 0 Å². The summed E-state index contributed by atoms with van der Waals surface area (Å²) in [6.45, 7) is -0.186. The number of carbonyl (C=O) groups excluding carboxylic acids is 2. The lowest BCUT2D eigenvalue weighted by Gasteiger charge is -2.17. The maximum Gasteiger partial charge on any atom is 0.338 e. The van der Waals surface area contributed by atoms with E-state index in [0.29, 0.717) is 16.8 Å². The Labute approximate surface area is 154 Å². The molecule has 0 N–H and O–H groups in total. The van der Waals surface area contributed by atoms with Gasteiger partial charge in [-0.05, 0) is 52.4 Å². The highest BCUT2D eigenvalue weighted by Crippen LogP contribution is 2.10. The highest BCUT2D eigenvalue weighted by atomic mass is 19.1. The predicted octanol–water partition coefficient (Wildman–Crippen LogP) is 1.62. The van der Waals surface area contributed by atoms with Crippen molar-refractivity contribution in [1.82, 2.24) is 25.1 Å². The van der Waals surface area contributed by atoms with E-state index in [2.05, 4.69) is 15.5 Å². The van der Waals surface area contributed by atoms with Crippen LogP contribution in [0.3, 0.4) is 0 Å². The zero-order valence-electron chi connectivity index (χ0n) is 14.4. The van der Waals surface area contributed by atoms with Crippen LogP contribution < -0.4 is 0 Å². The van der Waals surface area contributed by atoms with Crippen molar-refractivity contribution in [2.75, 3.05) is 13.7 Å². The number of carbonyl (C=O) groups is 2. The van der Waals surface area contributed by atoms with Crippen LogP contribution >= 0.6 is 0 Å². The van der Waals surface area contributed by atoms with Gasteiger partial charge in [-0.15, -0.1) is 5.10 Å². The van der Waals surface area contributed by atoms with E-state index in [1.165, 1.54) is 28.0 Å². The number of hydrogen-bond donors (Lipinski definition) is 0. The average molecular weight is 369 g/mol. The van der Waals surface area contributed by atoms with Gasteiger partial charge in [-0.3, -0.25) is 4.79 Å². The van der Waals surface area contributed by atoms with Gasteiger partial charge in [0.15, 0.2) is 6.61 Å². The van der Waals surface area contributed by atoms with Crippen molar-refractivity contribution in [3.8, 4) is 5.69 Å². The molecule has 8 nitrogen and oxygen atoms in total. The fraction of sp³-hybridized carbons (Fsp3) is 0.167. The number of ether oxygens (including phenoxy) is 1. The molecule has 27 heavy (non-hydrogen) atoms. The van der Waals surface area contributed by atoms with Gasteiger partial charge in [-0.25, -0.2) is 13.9 Å². The zero-order valence-corrected chi connectivity index (χ0v) is 14.4. The van der Waals surface area contributed by atoms with Crippen LogP contribution in [0.2, 0.25) is 0 Å². The number of halogens is 1. The van der Waals surface area contributed by atoms with Crippen molar-refractivity contribution in [2.45, 2.75) is 6.54 Å². The van der Waals surface area contributed by atoms with Crippen LogP contribution in [0.15, 0.2) is 54.9 Å². The van der Waals surface area contributed by atoms with Crippen molar-refractivity contribution in [2.24, 2.45) is 0 Å². The minimum atomic E-state index is -0.620. The third-order valence-corrected chi connectivity index (χ3v) is 3.78. The van der Waals surface area contributed by atoms with Crippen LogP contribution in [0.5, 0.6) is 0 Å². The van der Waals surface area contributed by atoms with E-state index in [-0.39, 0.29) is 12.4 Å². The Morgan fingerprint density at radius 2 is 1.96 bits per heavy atom. The molecule has 0 spiro atoms. The first-order chi connectivity index (χ1) is 13.0. The summed E-state index contributed by atoms with van der Waals surface area (Å²) in [4.78, 5) is 25.6. The number of tetrazole rings is 1. The molecule has 0 fully saturated rings. The van der Waals surface area contributed by atoms with Crippen LogP contribution in [0.4, 0.5) is 4.39 Å². The first-order valence-corrected chi connectivity index (χ1v) is 8.02. The summed E-state index contributed by atoms with van der Waals surface area (Å²) < 4.78 is 19.7. The van der Waals surface area contributed by atoms with Crippen LogP contribution in [0.1, 0.15) is 15.9 Å². The van der Waals surface area contributed by atoms with E-state index in [1.807, 2.05) is 0 Å². The lowest BCUT2D eigenvalue weighted by Crippen LogP contribution is -2.30. The molecule has 3 aromatic rings. The smallest absolute Gasteiger partial charge is 0.338 e. The molecule has 0 saturated heterocycles. The maximum absolute atomic E-state index is 13.2. The SMILES string of the molecule is CN(Cc1cccc(F)c1)C(=O)COC(=O)c1ccc(-n2cnnn2)cc1. The quantitative estimate of drug-likeness (QED) is 0.613. The van der Waals surface area contributed by atoms with Gasteiger partial charge < -0.3 is 9.64 Å². The standard InChI is InChI=1S/C18H16FN5O3/c1-23(10-13-3-2-4-15(19)9-13)17(25)11-27-18(26)14-5-7-16(8-6-14)24-12-20-21-22-24/h2-9,12H,10-11H2,1H3. The molecule has 0 atom stereocenters. The lowest BCUT2D eigenvalue weighted by atomic mass is 10.2. The molecule has 0 aliphatic carbocycles. The van der Waals surface area contributed by atoms with Crippen molar-refractivity contribution in [3.63, 3.8) is 0 Å². The normalized spacial score (nSPS) is 10.4. The molecule has 0 saturated carbocycles. The van der Waals surface area contributed by atoms with E-state index in [4.69, 9.17) is 4.74 Å². The minimum Gasteiger partial charge on any atom is -0.452 e. The second kappa shape index (κ2) is 8.17. The van der Waals surface area contributed by atoms with Crippen molar-refractivity contribution < 1.29 is 18.7 Å². The molecule has 1 heterocycles. The van der Waals surface area contributed by atoms with Crippen LogP contribution in [0, 0.1) is 5.82 Å². The second-order valence-electron chi connectivity index (χ2n) is 5.76. The summed E-state index contributed by atoms with van der Waals surface area (Å²) >= 11 is 0. The zero-order chi connectivity index (χ0) is 19.2. The molecule has 0 aliphatic rings. The summed E-state index contributed by atoms with van der Waals surface area (Å²) in [6, 6.07) is 12.4. The first kappa shape index (κ1) is 18.2. The highest BCUT2D eigenvalue weighted by Gasteiger charge is 2.14. The van der Waals surface area contributed by atoms with Gasteiger partial charge in [0.25, 0.3) is 5.91 Å². The number of nitrogens with zero attached hydrogens (tertiary/aromatic N) is 5. The summed E-state index contributed by atoms with van der Waals surface area (Å²) in [5.41, 5.74) is 1.63. The van der Waals surface area contributed by atoms with Gasteiger partial charge in [-0.2, -0.15) is 0 Å². The number of hydrogen-bond acceptors (Lipinski definition) is 6. The van der Waals surface area contributed by atoms with Gasteiger partial charge in [-0.1, -0.05) is 12.1 Å². The molecule has 138 valence electrons. The Hall–Kier alpha value is -3.62. The van der Waals surface area contributed by atoms with E-state index >= 15 is 0 Å². The Morgan fingerprint density at radius 1 is 1.19 bits per heavy atom. The third-order valence-electron chi connectivity index (χ3n) is 3.78. The van der Waals surface area contributed by atoms with E-state index in [0.717, 1.165) is 0 Å². The number of esters is 1. The van der Waals surface area contributed by atoms with Crippen LogP contribution in [-0.2, 0) is 16.1 Å². The minimum absolute atomic E-state index is 0.217. The number of benzene rings is 2. The van der Waals surface area contributed by atoms with E-state index in [9.17, 15) is 14.0 Å². The molecule has 0 unspecified atom stereocenters. The number of likely N-dealkylation sites (N-methyl/N-ethyl adjacent to an activating group) is 1.